The Labute approximate surface area is 185 Å². The van der Waals surface area contributed by atoms with Crippen molar-refractivity contribution in [1.29, 1.82) is 0 Å². The van der Waals surface area contributed by atoms with Gasteiger partial charge in [-0.3, -0.25) is 4.79 Å². The zero-order valence-corrected chi connectivity index (χ0v) is 17.7. The quantitative estimate of drug-likeness (QED) is 0.545. The molecule has 1 aliphatic heterocycles. The summed E-state index contributed by atoms with van der Waals surface area (Å²) in [7, 11) is 1.61. The van der Waals surface area contributed by atoms with Crippen molar-refractivity contribution in [2.45, 2.75) is 12.5 Å². The van der Waals surface area contributed by atoms with E-state index in [0.717, 1.165) is 16.9 Å². The minimum absolute atomic E-state index is 0.0748. The number of hydrogen-bond acceptors (Lipinski definition) is 4. The van der Waals surface area contributed by atoms with Crippen LogP contribution in [0.2, 0.25) is 5.02 Å². The van der Waals surface area contributed by atoms with Crippen molar-refractivity contribution in [2.75, 3.05) is 7.11 Å². The van der Waals surface area contributed by atoms with E-state index < -0.39 is 0 Å². The molecule has 0 saturated heterocycles. The lowest BCUT2D eigenvalue weighted by Gasteiger charge is -2.21. The average Bonchev–Trinajstić information content (AvgIpc) is 3.25. The summed E-state index contributed by atoms with van der Waals surface area (Å²) in [6, 6.07) is 21.6. The van der Waals surface area contributed by atoms with E-state index in [4.69, 9.17) is 16.3 Å². The highest BCUT2D eigenvalue weighted by atomic mass is 35.5. The first kappa shape index (κ1) is 20.7. The maximum absolute atomic E-state index is 13.1. The molecular weight excluding hydrogens is 412 g/mol. The first-order valence-electron chi connectivity index (χ1n) is 9.82. The van der Waals surface area contributed by atoms with Crippen LogP contribution >= 0.6 is 11.6 Å². The summed E-state index contributed by atoms with van der Waals surface area (Å²) in [5.41, 5.74) is 2.96. The van der Waals surface area contributed by atoms with Crippen LogP contribution in [0.25, 0.3) is 6.08 Å². The number of ether oxygens (including phenoxy) is 1. The lowest BCUT2D eigenvalue weighted by molar-refractivity contribution is -0.127. The molecule has 5 nitrogen and oxygen atoms in total. The van der Waals surface area contributed by atoms with Crippen molar-refractivity contribution < 1.29 is 14.6 Å². The Bertz CT molecular complexity index is 1140. The molecule has 0 spiro atoms. The van der Waals surface area contributed by atoms with Gasteiger partial charge in [0.05, 0.1) is 18.9 Å². The van der Waals surface area contributed by atoms with Gasteiger partial charge in [0, 0.05) is 23.1 Å². The number of halogens is 1. The van der Waals surface area contributed by atoms with Crippen molar-refractivity contribution in [2.24, 2.45) is 5.10 Å². The van der Waals surface area contributed by atoms with E-state index in [1.165, 1.54) is 17.2 Å². The van der Waals surface area contributed by atoms with Crippen LogP contribution in [0.3, 0.4) is 0 Å². The van der Waals surface area contributed by atoms with Crippen LogP contribution in [0, 0.1) is 0 Å². The van der Waals surface area contributed by atoms with Gasteiger partial charge in [0.15, 0.2) is 0 Å². The molecule has 0 fully saturated rings. The summed E-state index contributed by atoms with van der Waals surface area (Å²) >= 11 is 6.13. The maximum atomic E-state index is 13.1. The third kappa shape index (κ3) is 4.62. The Morgan fingerprint density at radius 3 is 2.58 bits per heavy atom. The summed E-state index contributed by atoms with van der Waals surface area (Å²) < 4.78 is 5.24. The molecule has 0 radical (unpaired) electrons. The number of hydrogen-bond donors (Lipinski definition) is 1. The van der Waals surface area contributed by atoms with Crippen molar-refractivity contribution in [3.63, 3.8) is 0 Å². The predicted octanol–water partition coefficient (Wildman–Crippen LogP) is 5.45. The van der Waals surface area contributed by atoms with Crippen molar-refractivity contribution in [3.05, 3.63) is 101 Å². The monoisotopic (exact) mass is 432 g/mol. The number of phenols is 1. The Kier molecular flexibility index (Phi) is 6.05. The van der Waals surface area contributed by atoms with Crippen LogP contribution in [0.15, 0.2) is 84.0 Å². The fourth-order valence-electron chi connectivity index (χ4n) is 3.51. The zero-order chi connectivity index (χ0) is 21.8. The SMILES string of the molecule is COc1ccc(C2CC(c3cc(Cl)ccc3O)=NN2C(=O)/C=C/c2ccccc2)cc1. The number of nitrogens with zero attached hydrogens (tertiary/aromatic N) is 2. The lowest BCUT2D eigenvalue weighted by Crippen LogP contribution is -2.25. The Morgan fingerprint density at radius 1 is 1.13 bits per heavy atom. The van der Waals surface area contributed by atoms with Gasteiger partial charge < -0.3 is 9.84 Å². The highest BCUT2D eigenvalue weighted by Crippen LogP contribution is 2.36. The zero-order valence-electron chi connectivity index (χ0n) is 16.9. The summed E-state index contributed by atoms with van der Waals surface area (Å²) in [6.45, 7) is 0. The largest absolute Gasteiger partial charge is 0.507 e. The highest BCUT2D eigenvalue weighted by molar-refractivity contribution is 6.31. The van der Waals surface area contributed by atoms with Gasteiger partial charge in [0.25, 0.3) is 5.91 Å². The van der Waals surface area contributed by atoms with Crippen LogP contribution in [-0.4, -0.2) is 28.8 Å². The van der Waals surface area contributed by atoms with Gasteiger partial charge in [-0.15, -0.1) is 0 Å². The van der Waals surface area contributed by atoms with Crippen molar-refractivity contribution in [1.82, 2.24) is 5.01 Å². The predicted molar refractivity (Wildman–Crippen MR) is 122 cm³/mol. The van der Waals surface area contributed by atoms with E-state index in [0.29, 0.717) is 22.7 Å². The average molecular weight is 433 g/mol. The number of methoxy groups -OCH3 is 1. The molecule has 1 N–H and O–H groups in total. The summed E-state index contributed by atoms with van der Waals surface area (Å²) in [5, 5.41) is 16.8. The molecule has 6 heteroatoms. The Balaban J connectivity index is 1.68. The minimum Gasteiger partial charge on any atom is -0.507 e. The summed E-state index contributed by atoms with van der Waals surface area (Å²) in [6.07, 6.45) is 3.72. The highest BCUT2D eigenvalue weighted by Gasteiger charge is 2.33. The van der Waals surface area contributed by atoms with Gasteiger partial charge in [-0.25, -0.2) is 5.01 Å². The van der Waals surface area contributed by atoms with Crippen LogP contribution in [0.4, 0.5) is 0 Å². The first-order chi connectivity index (χ1) is 15.0. The number of aromatic hydroxyl groups is 1. The smallest absolute Gasteiger partial charge is 0.267 e. The molecule has 1 heterocycles. The van der Waals surface area contributed by atoms with Crippen LogP contribution in [0.5, 0.6) is 11.5 Å². The number of benzene rings is 3. The van der Waals surface area contributed by atoms with Gasteiger partial charge in [0.1, 0.15) is 11.5 Å². The molecule has 3 aromatic carbocycles. The normalized spacial score (nSPS) is 15.9. The Hall–Kier alpha value is -3.57. The third-order valence-corrected chi connectivity index (χ3v) is 5.36. The van der Waals surface area contributed by atoms with Crippen molar-refractivity contribution in [3.8, 4) is 11.5 Å². The molecule has 1 unspecified atom stereocenters. The molecule has 0 bridgehead atoms. The minimum atomic E-state index is -0.313. The number of rotatable bonds is 5. The summed E-state index contributed by atoms with van der Waals surface area (Å²) in [4.78, 5) is 13.1. The number of carbonyl (C=O) groups excluding carboxylic acids is 1. The van der Waals surface area contributed by atoms with Gasteiger partial charge in [0.2, 0.25) is 0 Å². The molecule has 1 amide bonds. The standard InChI is InChI=1S/C25H21ClN2O3/c1-31-20-11-8-18(9-12-20)23-16-22(21-15-19(26)10-13-24(21)29)27-28(23)25(30)14-7-17-5-3-2-4-6-17/h2-15,23,29H,16H2,1H3/b14-7+. The molecule has 0 aromatic heterocycles. The number of carbonyl (C=O) groups is 1. The molecule has 0 aliphatic carbocycles. The van der Waals surface area contributed by atoms with Crippen LogP contribution in [0.1, 0.15) is 29.2 Å². The van der Waals surface area contributed by atoms with Crippen LogP contribution in [-0.2, 0) is 4.79 Å². The van der Waals surface area contributed by atoms with Gasteiger partial charge in [-0.05, 0) is 47.5 Å². The van der Waals surface area contributed by atoms with Gasteiger partial charge in [-0.1, -0.05) is 54.1 Å². The fraction of sp³-hybridized carbons (Fsp3) is 0.120. The van der Waals surface area contributed by atoms with E-state index in [1.54, 1.807) is 25.3 Å². The van der Waals surface area contributed by atoms with Crippen molar-refractivity contribution >= 4 is 29.3 Å². The molecule has 156 valence electrons. The first-order valence-corrected chi connectivity index (χ1v) is 10.2. The molecule has 1 aliphatic rings. The molecule has 4 rings (SSSR count). The lowest BCUT2D eigenvalue weighted by atomic mass is 9.98. The second-order valence-electron chi connectivity index (χ2n) is 7.13. The maximum Gasteiger partial charge on any atom is 0.267 e. The number of hydrazone groups is 1. The van der Waals surface area contributed by atoms with E-state index in [1.807, 2.05) is 54.6 Å². The molecule has 0 saturated carbocycles. The van der Waals surface area contributed by atoms with Crippen LogP contribution < -0.4 is 4.74 Å². The molecule has 3 aromatic rings. The third-order valence-electron chi connectivity index (χ3n) is 5.12. The van der Waals surface area contributed by atoms with E-state index >= 15 is 0 Å². The number of amides is 1. The second kappa shape index (κ2) is 9.06. The molecular formula is C25H21ClN2O3. The van der Waals surface area contributed by atoms with E-state index in [9.17, 15) is 9.90 Å². The van der Waals surface area contributed by atoms with Gasteiger partial charge >= 0.3 is 0 Å². The molecule has 1 atom stereocenters. The Morgan fingerprint density at radius 2 is 1.87 bits per heavy atom. The topological polar surface area (TPSA) is 62.1 Å². The fourth-order valence-corrected chi connectivity index (χ4v) is 3.68. The molecule has 31 heavy (non-hydrogen) atoms. The number of phenolic OH excluding ortho intramolecular Hbond substituents is 1. The van der Waals surface area contributed by atoms with E-state index in [-0.39, 0.29) is 17.7 Å². The van der Waals surface area contributed by atoms with Gasteiger partial charge in [-0.2, -0.15) is 5.10 Å². The van der Waals surface area contributed by atoms with E-state index in [2.05, 4.69) is 5.10 Å². The summed E-state index contributed by atoms with van der Waals surface area (Å²) in [5.74, 6) is 0.559. The second-order valence-corrected chi connectivity index (χ2v) is 7.56.